The zero-order chi connectivity index (χ0) is 20.2. The molecule has 0 fully saturated rings. The van der Waals surface area contributed by atoms with E-state index in [-0.39, 0.29) is 18.6 Å². The van der Waals surface area contributed by atoms with Gasteiger partial charge in [0.2, 0.25) is 0 Å². The summed E-state index contributed by atoms with van der Waals surface area (Å²) in [4.78, 5) is 18.0. The first-order valence-electron chi connectivity index (χ1n) is 9.38. The van der Waals surface area contributed by atoms with Gasteiger partial charge in [0.25, 0.3) is 5.91 Å². The molecule has 1 amide bonds. The fourth-order valence-corrected chi connectivity index (χ4v) is 3.61. The van der Waals surface area contributed by atoms with Gasteiger partial charge in [0.1, 0.15) is 5.75 Å². The number of H-pyrrole nitrogens is 1. The number of halogens is 1. The van der Waals surface area contributed by atoms with E-state index in [4.69, 9.17) is 16.3 Å². The summed E-state index contributed by atoms with van der Waals surface area (Å²) in [5.74, 6) is 0.559. The smallest absolute Gasteiger partial charge is 0.261 e. The monoisotopic (exact) mass is 404 g/mol. The van der Waals surface area contributed by atoms with Gasteiger partial charge in [-0.15, -0.1) is 0 Å². The molecule has 0 aliphatic rings. The fraction of sp³-hybridized carbons (Fsp3) is 0.125. The molecule has 3 aromatic carbocycles. The molecule has 0 aliphatic heterocycles. The maximum Gasteiger partial charge on any atom is 0.261 e. The molecule has 4 nitrogen and oxygen atoms in total. The molecule has 0 unspecified atom stereocenters. The molecule has 5 heteroatoms. The van der Waals surface area contributed by atoms with Crippen LogP contribution in [0.1, 0.15) is 17.2 Å². The minimum Gasteiger partial charge on any atom is -0.484 e. The first kappa shape index (κ1) is 19.1. The number of fused-ring (bicyclic) bond motifs is 1. The van der Waals surface area contributed by atoms with Crippen LogP contribution < -0.4 is 4.74 Å². The van der Waals surface area contributed by atoms with Gasteiger partial charge in [-0.25, -0.2) is 0 Å². The van der Waals surface area contributed by atoms with E-state index in [1.165, 1.54) is 0 Å². The van der Waals surface area contributed by atoms with Crippen LogP contribution in [0.25, 0.3) is 10.9 Å². The molecule has 1 N–H and O–H groups in total. The lowest BCUT2D eigenvalue weighted by Gasteiger charge is -2.29. The molecular weight excluding hydrogens is 384 g/mol. The minimum absolute atomic E-state index is 0.0348. The average Bonchev–Trinajstić information content (AvgIpc) is 3.18. The number of aromatic nitrogens is 1. The molecule has 146 valence electrons. The van der Waals surface area contributed by atoms with Gasteiger partial charge in [-0.2, -0.15) is 0 Å². The van der Waals surface area contributed by atoms with Crippen molar-refractivity contribution < 1.29 is 9.53 Å². The topological polar surface area (TPSA) is 45.3 Å². The second-order valence-electron chi connectivity index (χ2n) is 6.85. The highest BCUT2D eigenvalue weighted by Gasteiger charge is 2.26. The molecule has 1 aromatic heterocycles. The first-order chi connectivity index (χ1) is 14.1. The Bertz CT molecular complexity index is 1110. The van der Waals surface area contributed by atoms with E-state index in [1.54, 1.807) is 11.9 Å². The highest BCUT2D eigenvalue weighted by molar-refractivity contribution is 6.30. The summed E-state index contributed by atoms with van der Waals surface area (Å²) in [6, 6.07) is 24.7. The number of likely N-dealkylation sites (N-methyl/N-ethyl adjacent to an activating group) is 1. The predicted molar refractivity (Wildman–Crippen MR) is 116 cm³/mol. The maximum atomic E-state index is 13.0. The van der Waals surface area contributed by atoms with E-state index in [2.05, 4.69) is 11.1 Å². The Morgan fingerprint density at radius 2 is 1.69 bits per heavy atom. The first-order valence-corrected chi connectivity index (χ1v) is 9.76. The number of carbonyl (C=O) groups excluding carboxylic acids is 1. The van der Waals surface area contributed by atoms with Crippen LogP contribution in [0.5, 0.6) is 5.75 Å². The molecule has 1 heterocycles. The van der Waals surface area contributed by atoms with E-state index in [9.17, 15) is 4.79 Å². The number of aromatic amines is 1. The lowest BCUT2D eigenvalue weighted by Crippen LogP contribution is -2.35. The number of carbonyl (C=O) groups is 1. The minimum atomic E-state index is -0.268. The number of ether oxygens (including phenoxy) is 1. The normalized spacial score (nSPS) is 11.9. The van der Waals surface area contributed by atoms with Crippen molar-refractivity contribution in [1.29, 1.82) is 0 Å². The zero-order valence-corrected chi connectivity index (χ0v) is 16.8. The van der Waals surface area contributed by atoms with Gasteiger partial charge in [-0.1, -0.05) is 60.1 Å². The largest absolute Gasteiger partial charge is 0.484 e. The number of rotatable bonds is 6. The summed E-state index contributed by atoms with van der Waals surface area (Å²) < 4.78 is 5.68. The van der Waals surface area contributed by atoms with Gasteiger partial charge in [0.05, 0.1) is 6.04 Å². The Labute approximate surface area is 174 Å². The predicted octanol–water partition coefficient (Wildman–Crippen LogP) is 5.45. The standard InChI is InChI=1S/C24H21ClN2O2/c1-27(23(28)16-29-19-7-3-2-4-8-19)24(17-11-13-18(25)14-12-17)21-15-26-22-10-6-5-9-20(21)22/h2-15,24,26H,16H2,1H3/t24-/m0/s1. The van der Waals surface area contributed by atoms with Gasteiger partial charge in [0, 0.05) is 34.7 Å². The van der Waals surface area contributed by atoms with Gasteiger partial charge < -0.3 is 14.6 Å². The highest BCUT2D eigenvalue weighted by Crippen LogP contribution is 2.33. The number of nitrogens with zero attached hydrogens (tertiary/aromatic N) is 1. The van der Waals surface area contributed by atoms with E-state index in [1.807, 2.05) is 79.0 Å². The fourth-order valence-electron chi connectivity index (χ4n) is 3.48. The van der Waals surface area contributed by atoms with Gasteiger partial charge in [-0.05, 0) is 35.9 Å². The van der Waals surface area contributed by atoms with Crippen LogP contribution in [-0.4, -0.2) is 29.4 Å². The van der Waals surface area contributed by atoms with Gasteiger partial charge in [-0.3, -0.25) is 4.79 Å². The molecule has 0 spiro atoms. The summed E-state index contributed by atoms with van der Waals surface area (Å²) in [6.07, 6.45) is 1.96. The third-order valence-electron chi connectivity index (χ3n) is 4.99. The van der Waals surface area contributed by atoms with Crippen molar-refractivity contribution >= 4 is 28.4 Å². The van der Waals surface area contributed by atoms with Crippen molar-refractivity contribution in [2.45, 2.75) is 6.04 Å². The quantitative estimate of drug-likeness (QED) is 0.464. The van der Waals surface area contributed by atoms with Gasteiger partial charge in [0.15, 0.2) is 6.61 Å². The van der Waals surface area contributed by atoms with Crippen molar-refractivity contribution in [2.75, 3.05) is 13.7 Å². The summed E-state index contributed by atoms with van der Waals surface area (Å²) in [5.41, 5.74) is 3.04. The van der Waals surface area contributed by atoms with E-state index >= 15 is 0 Å². The molecule has 1 atom stereocenters. The van der Waals surface area contributed by atoms with Crippen LogP contribution in [0, 0.1) is 0 Å². The van der Waals surface area contributed by atoms with Crippen molar-refractivity contribution in [2.24, 2.45) is 0 Å². The van der Waals surface area contributed by atoms with Crippen LogP contribution in [0.3, 0.4) is 0 Å². The Hall–Kier alpha value is -3.24. The molecule has 0 aliphatic carbocycles. The van der Waals surface area contributed by atoms with Crippen LogP contribution in [0.2, 0.25) is 5.02 Å². The van der Waals surface area contributed by atoms with Gasteiger partial charge >= 0.3 is 0 Å². The molecule has 0 radical (unpaired) electrons. The molecule has 0 bridgehead atoms. The number of nitrogens with one attached hydrogen (secondary N) is 1. The average molecular weight is 405 g/mol. The Kier molecular flexibility index (Phi) is 5.54. The van der Waals surface area contributed by atoms with Crippen LogP contribution in [0.15, 0.2) is 85.1 Å². The molecule has 29 heavy (non-hydrogen) atoms. The SMILES string of the molecule is CN(C(=O)COc1ccccc1)[C@@H](c1ccc(Cl)cc1)c1c[nH]c2ccccc12. The third kappa shape index (κ3) is 4.13. The summed E-state index contributed by atoms with van der Waals surface area (Å²) in [6.45, 7) is -0.0348. The third-order valence-corrected chi connectivity index (χ3v) is 5.24. The van der Waals surface area contributed by atoms with E-state index < -0.39 is 0 Å². The summed E-state index contributed by atoms with van der Waals surface area (Å²) in [5, 5.41) is 1.74. The number of hydrogen-bond donors (Lipinski definition) is 1. The Morgan fingerprint density at radius 3 is 2.45 bits per heavy atom. The Balaban J connectivity index is 1.66. The molecular formula is C24H21ClN2O2. The second-order valence-corrected chi connectivity index (χ2v) is 7.29. The lowest BCUT2D eigenvalue weighted by atomic mass is 9.97. The number of benzene rings is 3. The van der Waals surface area contributed by atoms with Crippen molar-refractivity contribution in [3.8, 4) is 5.75 Å². The van der Waals surface area contributed by atoms with Crippen molar-refractivity contribution in [3.05, 3.63) is 101 Å². The number of amides is 1. The molecule has 4 rings (SSSR count). The van der Waals surface area contributed by atoms with Crippen molar-refractivity contribution in [3.63, 3.8) is 0 Å². The molecule has 4 aromatic rings. The van der Waals surface area contributed by atoms with E-state index in [0.717, 1.165) is 22.0 Å². The van der Waals surface area contributed by atoms with E-state index in [0.29, 0.717) is 10.8 Å². The molecule has 0 saturated heterocycles. The van der Waals surface area contributed by atoms with Crippen LogP contribution in [-0.2, 0) is 4.79 Å². The zero-order valence-electron chi connectivity index (χ0n) is 16.0. The lowest BCUT2D eigenvalue weighted by molar-refractivity contribution is -0.133. The number of hydrogen-bond acceptors (Lipinski definition) is 2. The Morgan fingerprint density at radius 1 is 1.00 bits per heavy atom. The second kappa shape index (κ2) is 8.41. The highest BCUT2D eigenvalue weighted by atomic mass is 35.5. The molecule has 0 saturated carbocycles. The summed E-state index contributed by atoms with van der Waals surface area (Å²) >= 11 is 6.09. The number of para-hydroxylation sites is 2. The maximum absolute atomic E-state index is 13.0. The summed E-state index contributed by atoms with van der Waals surface area (Å²) in [7, 11) is 1.80. The van der Waals surface area contributed by atoms with Crippen molar-refractivity contribution in [1.82, 2.24) is 9.88 Å². The van der Waals surface area contributed by atoms with Crippen LogP contribution >= 0.6 is 11.6 Å². The van der Waals surface area contributed by atoms with Crippen LogP contribution in [0.4, 0.5) is 0 Å².